The number of ether oxygens (including phenoxy) is 1. The summed E-state index contributed by atoms with van der Waals surface area (Å²) in [6.45, 7) is 3.59. The van der Waals surface area contributed by atoms with E-state index in [9.17, 15) is 10.0 Å². The molecule has 122 valence electrons. The van der Waals surface area contributed by atoms with Gasteiger partial charge in [-0.15, -0.1) is 0 Å². The highest BCUT2D eigenvalue weighted by Crippen LogP contribution is 2.31. The number of anilines is 1. The van der Waals surface area contributed by atoms with Crippen LogP contribution < -0.4 is 14.8 Å². The summed E-state index contributed by atoms with van der Waals surface area (Å²) in [5, 5.41) is 15.1. The molecule has 23 heavy (non-hydrogen) atoms. The second-order valence-electron chi connectivity index (χ2n) is 4.92. The van der Waals surface area contributed by atoms with Crippen LogP contribution in [0.1, 0.15) is 12.5 Å². The first-order valence-corrected chi connectivity index (χ1v) is 8.18. The van der Waals surface area contributed by atoms with Gasteiger partial charge in [0.2, 0.25) is 5.91 Å². The molecule has 5 nitrogen and oxygen atoms in total. The lowest BCUT2D eigenvalue weighted by Gasteiger charge is -2.15. The van der Waals surface area contributed by atoms with E-state index in [2.05, 4.69) is 5.32 Å². The van der Waals surface area contributed by atoms with Crippen molar-refractivity contribution >= 4 is 35.0 Å². The van der Waals surface area contributed by atoms with Crippen molar-refractivity contribution in [3.05, 3.63) is 52.3 Å². The summed E-state index contributed by atoms with van der Waals surface area (Å²) in [5.74, 6) is 0.267. The van der Waals surface area contributed by atoms with E-state index >= 15 is 0 Å². The number of hydrogen-bond donors (Lipinski definition) is 1. The van der Waals surface area contributed by atoms with E-state index in [1.807, 2.05) is 6.92 Å². The van der Waals surface area contributed by atoms with Gasteiger partial charge < -0.3 is 15.3 Å². The van der Waals surface area contributed by atoms with Crippen molar-refractivity contribution in [2.24, 2.45) is 0 Å². The number of halogens is 1. The molecule has 0 saturated carbocycles. The third kappa shape index (κ3) is 4.30. The zero-order valence-electron chi connectivity index (χ0n) is 13.0. The Kier molecular flexibility index (Phi) is 5.74. The molecule has 1 atom stereocenters. The van der Waals surface area contributed by atoms with Crippen LogP contribution in [-0.4, -0.2) is 18.3 Å². The Morgan fingerprint density at radius 2 is 2.17 bits per heavy atom. The fraction of sp³-hybridized carbons (Fsp3) is 0.250. The molecule has 0 radical (unpaired) electrons. The lowest BCUT2D eigenvalue weighted by Crippen LogP contribution is -2.30. The van der Waals surface area contributed by atoms with Gasteiger partial charge >= 0.3 is 0 Å². The van der Waals surface area contributed by atoms with E-state index in [1.54, 1.807) is 37.3 Å². The number of hydrogen-bond acceptors (Lipinski definition) is 4. The number of methoxy groups -OCH3 is 1. The van der Waals surface area contributed by atoms with Crippen LogP contribution in [0.5, 0.6) is 5.75 Å². The van der Waals surface area contributed by atoms with Crippen molar-refractivity contribution in [3.63, 3.8) is 0 Å². The number of nitrogens with zero attached hydrogens (tertiary/aromatic N) is 1. The number of pyridine rings is 1. The van der Waals surface area contributed by atoms with Gasteiger partial charge in [0.05, 0.1) is 18.0 Å². The molecule has 0 aliphatic rings. The Morgan fingerprint density at radius 1 is 1.43 bits per heavy atom. The van der Waals surface area contributed by atoms with Crippen LogP contribution in [0.15, 0.2) is 41.6 Å². The zero-order valence-corrected chi connectivity index (χ0v) is 14.6. The standard InChI is InChI=1S/C16H17ClN2O3S/c1-10-8-13(14(22-3)9-12(10)17)18-16(20)11(2)23-15-6-4-5-7-19(15)21/h4-9,11H,1-3H3,(H,18,20)/t11-/m0/s1. The molecule has 7 heteroatoms. The number of nitrogens with one attached hydrogen (secondary N) is 1. The summed E-state index contributed by atoms with van der Waals surface area (Å²) in [6.07, 6.45) is 1.40. The molecule has 0 spiro atoms. The second kappa shape index (κ2) is 7.57. The SMILES string of the molecule is COc1cc(Cl)c(C)cc1NC(=O)[C@H](C)Sc1cccc[n+]1[O-]. The molecule has 1 aromatic carbocycles. The molecule has 1 amide bonds. The van der Waals surface area contributed by atoms with Crippen LogP contribution in [0.25, 0.3) is 0 Å². The molecule has 0 aliphatic carbocycles. The maximum atomic E-state index is 12.4. The Morgan fingerprint density at radius 3 is 2.83 bits per heavy atom. The zero-order chi connectivity index (χ0) is 17.0. The number of rotatable bonds is 5. The number of amides is 1. The second-order valence-corrected chi connectivity index (χ2v) is 6.68. The minimum atomic E-state index is -0.446. The van der Waals surface area contributed by atoms with Crippen LogP contribution in [0, 0.1) is 12.1 Å². The highest BCUT2D eigenvalue weighted by molar-refractivity contribution is 8.00. The van der Waals surface area contributed by atoms with Gasteiger partial charge in [-0.05, 0) is 43.3 Å². The minimum Gasteiger partial charge on any atom is -0.618 e. The van der Waals surface area contributed by atoms with E-state index < -0.39 is 5.25 Å². The largest absolute Gasteiger partial charge is 0.618 e. The van der Waals surface area contributed by atoms with Gasteiger partial charge in [-0.3, -0.25) is 4.79 Å². The Hall–Kier alpha value is -1.92. The molecular weight excluding hydrogens is 336 g/mol. The summed E-state index contributed by atoms with van der Waals surface area (Å²) >= 11 is 7.24. The van der Waals surface area contributed by atoms with E-state index in [4.69, 9.17) is 16.3 Å². The molecule has 0 fully saturated rings. The smallest absolute Gasteiger partial charge is 0.252 e. The Labute approximate surface area is 144 Å². The van der Waals surface area contributed by atoms with Crippen LogP contribution in [-0.2, 0) is 4.79 Å². The normalized spacial score (nSPS) is 11.8. The van der Waals surface area contributed by atoms with Crippen LogP contribution in [0.2, 0.25) is 5.02 Å². The van der Waals surface area contributed by atoms with Gasteiger partial charge in [-0.2, -0.15) is 4.73 Å². The molecule has 1 heterocycles. The third-order valence-corrected chi connectivity index (χ3v) is 4.73. The van der Waals surface area contributed by atoms with Gasteiger partial charge in [0.25, 0.3) is 5.03 Å². The topological polar surface area (TPSA) is 65.3 Å². The van der Waals surface area contributed by atoms with Crippen molar-refractivity contribution < 1.29 is 14.3 Å². The van der Waals surface area contributed by atoms with E-state index in [1.165, 1.54) is 25.1 Å². The molecule has 0 saturated heterocycles. The fourth-order valence-electron chi connectivity index (χ4n) is 1.90. The maximum Gasteiger partial charge on any atom is 0.252 e. The monoisotopic (exact) mass is 352 g/mol. The van der Waals surface area contributed by atoms with Crippen molar-refractivity contribution in [1.29, 1.82) is 0 Å². The molecule has 0 unspecified atom stereocenters. The number of benzene rings is 1. The Bertz CT molecular complexity index is 724. The lowest BCUT2D eigenvalue weighted by atomic mass is 10.2. The molecule has 0 aliphatic heterocycles. The average molecular weight is 353 g/mol. The lowest BCUT2D eigenvalue weighted by molar-refractivity contribution is -0.645. The quantitative estimate of drug-likeness (QED) is 0.509. The number of carbonyl (C=O) groups excluding carboxylic acids is 1. The van der Waals surface area contributed by atoms with Gasteiger partial charge in [-0.1, -0.05) is 11.6 Å². The maximum absolute atomic E-state index is 12.4. The van der Waals surface area contributed by atoms with Crippen LogP contribution in [0.4, 0.5) is 5.69 Å². The predicted molar refractivity (Wildman–Crippen MR) is 92.1 cm³/mol. The van der Waals surface area contributed by atoms with Gasteiger partial charge in [0, 0.05) is 23.2 Å². The summed E-state index contributed by atoms with van der Waals surface area (Å²) in [4.78, 5) is 12.4. The summed E-state index contributed by atoms with van der Waals surface area (Å²) in [7, 11) is 1.51. The summed E-state index contributed by atoms with van der Waals surface area (Å²) in [6, 6.07) is 8.49. The van der Waals surface area contributed by atoms with Gasteiger partial charge in [-0.25, -0.2) is 0 Å². The van der Waals surface area contributed by atoms with E-state index in [0.29, 0.717) is 21.5 Å². The summed E-state index contributed by atoms with van der Waals surface area (Å²) in [5.41, 5.74) is 1.39. The molecule has 1 N–H and O–H groups in total. The van der Waals surface area contributed by atoms with Crippen molar-refractivity contribution in [3.8, 4) is 5.75 Å². The van der Waals surface area contributed by atoms with Gasteiger partial charge in [0.1, 0.15) is 5.75 Å². The minimum absolute atomic E-state index is 0.223. The number of thioether (sulfide) groups is 1. The molecule has 0 bridgehead atoms. The van der Waals surface area contributed by atoms with E-state index in [-0.39, 0.29) is 5.91 Å². The van der Waals surface area contributed by atoms with Crippen molar-refractivity contribution in [1.82, 2.24) is 0 Å². The van der Waals surface area contributed by atoms with Crippen LogP contribution in [0.3, 0.4) is 0 Å². The highest BCUT2D eigenvalue weighted by atomic mass is 35.5. The van der Waals surface area contributed by atoms with Crippen molar-refractivity contribution in [2.45, 2.75) is 24.1 Å². The highest BCUT2D eigenvalue weighted by Gasteiger charge is 2.20. The number of carbonyl (C=O) groups is 1. The number of aromatic nitrogens is 1. The third-order valence-electron chi connectivity index (χ3n) is 3.19. The molecule has 1 aromatic heterocycles. The first-order chi connectivity index (χ1) is 10.9. The van der Waals surface area contributed by atoms with E-state index in [0.717, 1.165) is 10.3 Å². The molecule has 2 rings (SSSR count). The van der Waals surface area contributed by atoms with Crippen molar-refractivity contribution in [2.75, 3.05) is 12.4 Å². The first kappa shape index (κ1) is 17.4. The Balaban J connectivity index is 2.12. The average Bonchev–Trinajstić information content (AvgIpc) is 2.52. The first-order valence-electron chi connectivity index (χ1n) is 6.92. The fourth-order valence-corrected chi connectivity index (χ4v) is 2.91. The summed E-state index contributed by atoms with van der Waals surface area (Å²) < 4.78 is 5.98. The van der Waals surface area contributed by atoms with Crippen LogP contribution >= 0.6 is 23.4 Å². The molecule has 2 aromatic rings. The molecular formula is C16H17ClN2O3S. The van der Waals surface area contributed by atoms with Gasteiger partial charge in [0.15, 0.2) is 6.20 Å². The predicted octanol–water partition coefficient (Wildman–Crippen LogP) is 3.41. The number of aryl methyl sites for hydroxylation is 1.